The van der Waals surface area contributed by atoms with Crippen LogP contribution in [-0.2, 0) is 0 Å². The van der Waals surface area contributed by atoms with Gasteiger partial charge in [0.25, 0.3) is 0 Å². The third kappa shape index (κ3) is 3.70. The fraction of sp³-hybridized carbons (Fsp3) is 0.471. The van der Waals surface area contributed by atoms with Crippen LogP contribution in [0.15, 0.2) is 36.4 Å². The number of benzene rings is 1. The molecular weight excluding hydrogens is 246 g/mol. The van der Waals surface area contributed by atoms with Crippen molar-refractivity contribution in [3.8, 4) is 0 Å². The molecule has 2 rings (SSSR count). The van der Waals surface area contributed by atoms with E-state index in [2.05, 4.69) is 67.2 Å². The van der Waals surface area contributed by atoms with E-state index < -0.39 is 0 Å². The van der Waals surface area contributed by atoms with Crippen LogP contribution in [-0.4, -0.2) is 35.1 Å². The molecule has 0 aliphatic rings. The van der Waals surface area contributed by atoms with Crippen LogP contribution in [0.5, 0.6) is 0 Å². The third-order valence-electron chi connectivity index (χ3n) is 3.60. The number of para-hydroxylation sites is 1. The molecule has 0 atom stereocenters. The molecule has 1 N–H and O–H groups in total. The first-order chi connectivity index (χ1) is 9.58. The maximum Gasteiger partial charge on any atom is 0.126 e. The minimum absolute atomic E-state index is 0.571. The molecule has 1 aromatic heterocycles. The van der Waals surface area contributed by atoms with Crippen LogP contribution in [0.2, 0.25) is 0 Å². The fourth-order valence-electron chi connectivity index (χ4n) is 2.59. The smallest absolute Gasteiger partial charge is 0.126 e. The topological polar surface area (TPSA) is 28.2 Å². The second-order valence-electron chi connectivity index (χ2n) is 5.74. The second kappa shape index (κ2) is 6.71. The molecule has 0 aliphatic carbocycles. The lowest BCUT2D eigenvalue weighted by Gasteiger charge is -2.30. The predicted octanol–water partition coefficient (Wildman–Crippen LogP) is 3.77. The minimum atomic E-state index is 0.571. The van der Waals surface area contributed by atoms with Crippen molar-refractivity contribution in [2.24, 2.45) is 0 Å². The van der Waals surface area contributed by atoms with Crippen LogP contribution in [0.1, 0.15) is 27.7 Å². The Morgan fingerprint density at radius 1 is 1.00 bits per heavy atom. The molecule has 0 amide bonds. The fourth-order valence-corrected chi connectivity index (χ4v) is 2.59. The standard InChI is InChI=1S/C17H25N3/c1-13(2)20(14(3)4)12-11-18-17-10-9-15-7-5-6-8-16(15)19-17/h5-10,13-14H,11-12H2,1-4H3,(H,18,19). The molecule has 0 fully saturated rings. The highest BCUT2D eigenvalue weighted by Gasteiger charge is 2.12. The van der Waals surface area contributed by atoms with E-state index in [0.717, 1.165) is 24.4 Å². The first-order valence-electron chi connectivity index (χ1n) is 7.43. The average Bonchev–Trinajstić information content (AvgIpc) is 2.42. The molecule has 0 unspecified atom stereocenters. The Bertz CT molecular complexity index is 541. The number of pyridine rings is 1. The van der Waals surface area contributed by atoms with Gasteiger partial charge in [-0.15, -0.1) is 0 Å². The van der Waals surface area contributed by atoms with Crippen LogP contribution in [0.25, 0.3) is 10.9 Å². The lowest BCUT2D eigenvalue weighted by atomic mass is 10.2. The second-order valence-corrected chi connectivity index (χ2v) is 5.74. The normalized spacial score (nSPS) is 11.8. The van der Waals surface area contributed by atoms with Gasteiger partial charge in [0.05, 0.1) is 5.52 Å². The molecule has 0 spiro atoms. The van der Waals surface area contributed by atoms with Gasteiger partial charge in [-0.1, -0.05) is 18.2 Å². The average molecular weight is 271 g/mol. The Balaban J connectivity index is 1.95. The maximum atomic E-state index is 4.63. The summed E-state index contributed by atoms with van der Waals surface area (Å²) >= 11 is 0. The van der Waals surface area contributed by atoms with E-state index in [1.54, 1.807) is 0 Å². The van der Waals surface area contributed by atoms with Gasteiger partial charge in [0.15, 0.2) is 0 Å². The number of nitrogens with one attached hydrogen (secondary N) is 1. The molecule has 1 aromatic carbocycles. The first-order valence-corrected chi connectivity index (χ1v) is 7.43. The van der Waals surface area contributed by atoms with Crippen molar-refractivity contribution < 1.29 is 0 Å². The van der Waals surface area contributed by atoms with Crippen LogP contribution >= 0.6 is 0 Å². The van der Waals surface area contributed by atoms with E-state index in [-0.39, 0.29) is 0 Å². The van der Waals surface area contributed by atoms with Crippen LogP contribution in [0.3, 0.4) is 0 Å². The summed E-state index contributed by atoms with van der Waals surface area (Å²) in [5, 5.41) is 4.61. The molecule has 3 heteroatoms. The molecule has 108 valence electrons. The summed E-state index contributed by atoms with van der Waals surface area (Å²) in [6.45, 7) is 10.9. The van der Waals surface area contributed by atoms with E-state index in [9.17, 15) is 0 Å². The number of fused-ring (bicyclic) bond motifs is 1. The summed E-state index contributed by atoms with van der Waals surface area (Å²) in [6, 6.07) is 13.5. The Labute approximate surface area is 122 Å². The number of nitrogens with zero attached hydrogens (tertiary/aromatic N) is 2. The Morgan fingerprint density at radius 2 is 1.70 bits per heavy atom. The lowest BCUT2D eigenvalue weighted by Crippen LogP contribution is -2.40. The van der Waals surface area contributed by atoms with Crippen molar-refractivity contribution in [3.63, 3.8) is 0 Å². The van der Waals surface area contributed by atoms with Gasteiger partial charge in [0.1, 0.15) is 5.82 Å². The van der Waals surface area contributed by atoms with Gasteiger partial charge in [0, 0.05) is 30.6 Å². The Morgan fingerprint density at radius 3 is 2.40 bits per heavy atom. The highest BCUT2D eigenvalue weighted by molar-refractivity contribution is 5.79. The van der Waals surface area contributed by atoms with Crippen LogP contribution in [0, 0.1) is 0 Å². The van der Waals surface area contributed by atoms with E-state index >= 15 is 0 Å². The van der Waals surface area contributed by atoms with Crippen molar-refractivity contribution in [3.05, 3.63) is 36.4 Å². The van der Waals surface area contributed by atoms with Crippen molar-refractivity contribution in [1.29, 1.82) is 0 Å². The molecule has 2 aromatic rings. The van der Waals surface area contributed by atoms with E-state index in [4.69, 9.17) is 0 Å². The van der Waals surface area contributed by atoms with Gasteiger partial charge < -0.3 is 5.32 Å². The molecule has 0 bridgehead atoms. The summed E-state index contributed by atoms with van der Waals surface area (Å²) in [4.78, 5) is 7.11. The molecular formula is C17H25N3. The van der Waals surface area contributed by atoms with Crippen molar-refractivity contribution in [2.75, 3.05) is 18.4 Å². The van der Waals surface area contributed by atoms with Gasteiger partial charge in [0.2, 0.25) is 0 Å². The molecule has 0 radical (unpaired) electrons. The number of aromatic nitrogens is 1. The van der Waals surface area contributed by atoms with Crippen molar-refractivity contribution in [2.45, 2.75) is 39.8 Å². The summed E-state index contributed by atoms with van der Waals surface area (Å²) in [6.07, 6.45) is 0. The predicted molar refractivity (Wildman–Crippen MR) is 87.2 cm³/mol. The minimum Gasteiger partial charge on any atom is -0.369 e. The zero-order chi connectivity index (χ0) is 14.5. The largest absolute Gasteiger partial charge is 0.369 e. The van der Waals surface area contributed by atoms with Gasteiger partial charge >= 0.3 is 0 Å². The first kappa shape index (κ1) is 14.8. The van der Waals surface area contributed by atoms with E-state index in [0.29, 0.717) is 12.1 Å². The lowest BCUT2D eigenvalue weighted by molar-refractivity contribution is 0.182. The number of rotatable bonds is 6. The molecule has 3 nitrogen and oxygen atoms in total. The number of hydrogen-bond acceptors (Lipinski definition) is 3. The van der Waals surface area contributed by atoms with Gasteiger partial charge in [-0.25, -0.2) is 4.98 Å². The zero-order valence-corrected chi connectivity index (χ0v) is 12.9. The van der Waals surface area contributed by atoms with E-state index in [1.165, 1.54) is 5.39 Å². The summed E-state index contributed by atoms with van der Waals surface area (Å²) < 4.78 is 0. The molecule has 0 aliphatic heterocycles. The van der Waals surface area contributed by atoms with Gasteiger partial charge in [-0.3, -0.25) is 4.90 Å². The highest BCUT2D eigenvalue weighted by atomic mass is 15.2. The third-order valence-corrected chi connectivity index (χ3v) is 3.60. The SMILES string of the molecule is CC(C)N(CCNc1ccc2ccccc2n1)C(C)C. The van der Waals surface area contributed by atoms with Gasteiger partial charge in [-0.2, -0.15) is 0 Å². The maximum absolute atomic E-state index is 4.63. The molecule has 1 heterocycles. The van der Waals surface area contributed by atoms with Crippen molar-refractivity contribution in [1.82, 2.24) is 9.88 Å². The quantitative estimate of drug-likeness (QED) is 0.867. The highest BCUT2D eigenvalue weighted by Crippen LogP contribution is 2.14. The molecule has 0 saturated heterocycles. The number of hydrogen-bond donors (Lipinski definition) is 1. The van der Waals surface area contributed by atoms with Gasteiger partial charge in [-0.05, 0) is 45.9 Å². The summed E-state index contributed by atoms with van der Waals surface area (Å²) in [5.41, 5.74) is 1.04. The van der Waals surface area contributed by atoms with Crippen molar-refractivity contribution >= 4 is 16.7 Å². The Hall–Kier alpha value is -1.61. The summed E-state index contributed by atoms with van der Waals surface area (Å²) in [5.74, 6) is 0.955. The zero-order valence-electron chi connectivity index (χ0n) is 12.9. The monoisotopic (exact) mass is 271 g/mol. The van der Waals surface area contributed by atoms with Crippen LogP contribution in [0.4, 0.5) is 5.82 Å². The Kier molecular flexibility index (Phi) is 4.96. The summed E-state index contributed by atoms with van der Waals surface area (Å²) in [7, 11) is 0. The molecule has 20 heavy (non-hydrogen) atoms. The number of anilines is 1. The van der Waals surface area contributed by atoms with E-state index in [1.807, 2.05) is 12.1 Å². The van der Waals surface area contributed by atoms with Crippen LogP contribution < -0.4 is 5.32 Å². The molecule has 0 saturated carbocycles.